The number of aryl methyl sites for hydroxylation is 1. The zero-order valence-corrected chi connectivity index (χ0v) is 16.1. The van der Waals surface area contributed by atoms with Crippen LogP contribution in [0.15, 0.2) is 36.9 Å². The minimum atomic E-state index is -0.0388. The molecule has 2 atom stereocenters. The molecule has 5 heterocycles. The van der Waals surface area contributed by atoms with Crippen LogP contribution in [0.5, 0.6) is 0 Å². The van der Waals surface area contributed by atoms with E-state index in [-0.39, 0.29) is 18.1 Å². The summed E-state index contributed by atoms with van der Waals surface area (Å²) in [6, 6.07) is 3.86. The van der Waals surface area contributed by atoms with Crippen molar-refractivity contribution in [3.8, 4) is 11.3 Å². The summed E-state index contributed by atoms with van der Waals surface area (Å²) in [6.07, 6.45) is 7.99. The molecule has 3 N–H and O–H groups in total. The fourth-order valence-corrected chi connectivity index (χ4v) is 3.88. The van der Waals surface area contributed by atoms with Gasteiger partial charge in [-0.15, -0.1) is 0 Å². The number of rotatable bonds is 4. The van der Waals surface area contributed by atoms with Crippen LogP contribution in [0.4, 0.5) is 11.8 Å². The lowest BCUT2D eigenvalue weighted by Crippen LogP contribution is -2.27. The number of methoxy groups -OCH3 is 1. The van der Waals surface area contributed by atoms with Gasteiger partial charge < -0.3 is 20.4 Å². The lowest BCUT2D eigenvalue weighted by atomic mass is 10.2. The van der Waals surface area contributed by atoms with E-state index in [4.69, 9.17) is 10.5 Å². The van der Waals surface area contributed by atoms with Gasteiger partial charge in [-0.25, -0.2) is 4.98 Å². The van der Waals surface area contributed by atoms with Gasteiger partial charge in [0.1, 0.15) is 11.6 Å². The highest BCUT2D eigenvalue weighted by atomic mass is 16.5. The number of nitrogens with one attached hydrogen (secondary N) is 1. The van der Waals surface area contributed by atoms with E-state index in [1.54, 1.807) is 24.2 Å². The lowest BCUT2D eigenvalue weighted by Gasteiger charge is -2.24. The highest BCUT2D eigenvalue weighted by Crippen LogP contribution is 2.38. The summed E-state index contributed by atoms with van der Waals surface area (Å²) in [5, 5.41) is 5.17. The van der Waals surface area contributed by atoms with Crippen LogP contribution in [-0.2, 0) is 11.8 Å². The second kappa shape index (κ2) is 6.82. The Kier molecular flexibility index (Phi) is 4.13. The number of fused-ring (bicyclic) bond motifs is 1. The van der Waals surface area contributed by atoms with E-state index < -0.39 is 0 Å². The molecule has 4 aromatic heterocycles. The predicted octanol–water partition coefficient (Wildman–Crippen LogP) is 1.70. The van der Waals surface area contributed by atoms with Gasteiger partial charge in [-0.2, -0.15) is 15.1 Å². The van der Waals surface area contributed by atoms with E-state index in [0.29, 0.717) is 12.2 Å². The summed E-state index contributed by atoms with van der Waals surface area (Å²) in [5.41, 5.74) is 8.60. The van der Waals surface area contributed by atoms with Gasteiger partial charge in [0.2, 0.25) is 5.95 Å². The molecule has 10 nitrogen and oxygen atoms in total. The maximum absolute atomic E-state index is 6.00. The van der Waals surface area contributed by atoms with Gasteiger partial charge in [0.15, 0.2) is 5.65 Å². The Morgan fingerprint density at radius 3 is 2.93 bits per heavy atom. The van der Waals surface area contributed by atoms with Gasteiger partial charge in [0.05, 0.1) is 35.6 Å². The van der Waals surface area contributed by atoms with Crippen molar-refractivity contribution in [2.75, 3.05) is 24.3 Å². The Labute approximate surface area is 166 Å². The third-order valence-corrected chi connectivity index (χ3v) is 5.34. The van der Waals surface area contributed by atoms with Crippen LogP contribution in [0, 0.1) is 0 Å². The Morgan fingerprint density at radius 2 is 2.14 bits per heavy atom. The molecule has 0 radical (unpaired) electrons. The van der Waals surface area contributed by atoms with Crippen molar-refractivity contribution < 1.29 is 4.74 Å². The van der Waals surface area contributed by atoms with Crippen LogP contribution in [0.25, 0.3) is 22.3 Å². The number of nitrogens with two attached hydrogens (primary N) is 1. The van der Waals surface area contributed by atoms with E-state index in [0.717, 1.165) is 34.7 Å². The first kappa shape index (κ1) is 17.6. The molecule has 148 valence electrons. The molecule has 0 spiro atoms. The number of imidazole rings is 1. The molecular weight excluding hydrogens is 370 g/mol. The van der Waals surface area contributed by atoms with Gasteiger partial charge in [-0.1, -0.05) is 0 Å². The van der Waals surface area contributed by atoms with Crippen LogP contribution in [0.1, 0.15) is 18.3 Å². The maximum atomic E-state index is 6.00. The largest absolute Gasteiger partial charge is 0.380 e. The number of ether oxygens (including phenoxy) is 1. The summed E-state index contributed by atoms with van der Waals surface area (Å²) >= 11 is 0. The van der Waals surface area contributed by atoms with E-state index in [9.17, 15) is 0 Å². The predicted molar refractivity (Wildman–Crippen MR) is 108 cm³/mol. The minimum absolute atomic E-state index is 0.0388. The van der Waals surface area contributed by atoms with Crippen molar-refractivity contribution in [1.82, 2.24) is 34.7 Å². The highest BCUT2D eigenvalue weighted by Gasteiger charge is 2.37. The molecule has 0 aliphatic carbocycles. The standard InChI is InChI=1S/C19H21N9O/c1-27-17-13(8-23-27)18(26-19(20)25-17)28-10-12(29-2)6-15(28)16-22-9-14(24-16)11-4-3-5-21-7-11/h3-5,7-9,12,15H,6,10H2,1-2H3,(H,22,24)(H2,20,25,26)/t12-,15+/m1/s1. The van der Waals surface area contributed by atoms with Crippen molar-refractivity contribution >= 4 is 22.8 Å². The van der Waals surface area contributed by atoms with Gasteiger partial charge in [-0.05, 0) is 12.1 Å². The fourth-order valence-electron chi connectivity index (χ4n) is 3.88. The number of anilines is 2. The first-order valence-corrected chi connectivity index (χ1v) is 9.34. The summed E-state index contributed by atoms with van der Waals surface area (Å²) in [4.78, 5) is 23.3. The summed E-state index contributed by atoms with van der Waals surface area (Å²) in [7, 11) is 3.56. The molecule has 10 heteroatoms. The molecule has 0 saturated carbocycles. The lowest BCUT2D eigenvalue weighted by molar-refractivity contribution is 0.118. The second-order valence-electron chi connectivity index (χ2n) is 7.10. The number of hydrogen-bond donors (Lipinski definition) is 2. The first-order chi connectivity index (χ1) is 14.1. The van der Waals surface area contributed by atoms with E-state index >= 15 is 0 Å². The van der Waals surface area contributed by atoms with E-state index in [1.807, 2.05) is 31.6 Å². The van der Waals surface area contributed by atoms with Crippen LogP contribution < -0.4 is 10.6 Å². The molecule has 1 fully saturated rings. The van der Waals surface area contributed by atoms with E-state index in [2.05, 4.69) is 34.9 Å². The molecule has 0 aromatic carbocycles. The number of aromatic nitrogens is 7. The van der Waals surface area contributed by atoms with Gasteiger partial charge in [-0.3, -0.25) is 9.67 Å². The van der Waals surface area contributed by atoms with E-state index in [1.165, 1.54) is 0 Å². The quantitative estimate of drug-likeness (QED) is 0.539. The van der Waals surface area contributed by atoms with Crippen molar-refractivity contribution in [3.05, 3.63) is 42.7 Å². The molecule has 1 aliphatic heterocycles. The zero-order chi connectivity index (χ0) is 20.0. The molecule has 0 bridgehead atoms. The molecule has 1 saturated heterocycles. The zero-order valence-electron chi connectivity index (χ0n) is 16.1. The highest BCUT2D eigenvalue weighted by molar-refractivity contribution is 5.88. The number of aromatic amines is 1. The Morgan fingerprint density at radius 1 is 1.24 bits per heavy atom. The second-order valence-corrected chi connectivity index (χ2v) is 7.10. The molecule has 0 amide bonds. The number of hydrogen-bond acceptors (Lipinski definition) is 8. The molecular formula is C19H21N9O. The number of nitrogen functional groups attached to an aromatic ring is 1. The third-order valence-electron chi connectivity index (χ3n) is 5.34. The molecule has 29 heavy (non-hydrogen) atoms. The average Bonchev–Trinajstić information content (AvgIpc) is 3.47. The Hall–Kier alpha value is -3.53. The van der Waals surface area contributed by atoms with Crippen LogP contribution >= 0.6 is 0 Å². The fraction of sp³-hybridized carbons (Fsp3) is 0.316. The van der Waals surface area contributed by atoms with Crippen molar-refractivity contribution in [2.45, 2.75) is 18.6 Å². The third kappa shape index (κ3) is 2.97. The minimum Gasteiger partial charge on any atom is -0.380 e. The van der Waals surface area contributed by atoms with Crippen molar-refractivity contribution in [3.63, 3.8) is 0 Å². The maximum Gasteiger partial charge on any atom is 0.224 e. The smallest absolute Gasteiger partial charge is 0.224 e. The number of H-pyrrole nitrogens is 1. The average molecular weight is 391 g/mol. The Balaban J connectivity index is 1.57. The van der Waals surface area contributed by atoms with Gasteiger partial charge >= 0.3 is 0 Å². The first-order valence-electron chi connectivity index (χ1n) is 9.34. The number of nitrogens with zero attached hydrogens (tertiary/aromatic N) is 7. The van der Waals surface area contributed by atoms with Gasteiger partial charge in [0.25, 0.3) is 0 Å². The SMILES string of the molecule is CO[C@@H]1C[C@@H](c2ncc(-c3cccnc3)[nH]2)N(c2nc(N)nc3c2cnn3C)C1. The van der Waals surface area contributed by atoms with Crippen molar-refractivity contribution in [2.24, 2.45) is 7.05 Å². The molecule has 4 aromatic rings. The molecule has 0 unspecified atom stereocenters. The Bertz CT molecular complexity index is 1150. The van der Waals surface area contributed by atoms with Crippen LogP contribution in [-0.4, -0.2) is 54.5 Å². The summed E-state index contributed by atoms with van der Waals surface area (Å²) in [6.45, 7) is 0.671. The van der Waals surface area contributed by atoms with Crippen LogP contribution in [0.3, 0.4) is 0 Å². The molecule has 1 aliphatic rings. The number of pyridine rings is 1. The summed E-state index contributed by atoms with van der Waals surface area (Å²) < 4.78 is 7.36. The van der Waals surface area contributed by atoms with Crippen molar-refractivity contribution in [1.29, 1.82) is 0 Å². The summed E-state index contributed by atoms with van der Waals surface area (Å²) in [5.74, 6) is 1.80. The monoisotopic (exact) mass is 391 g/mol. The van der Waals surface area contributed by atoms with Crippen LogP contribution in [0.2, 0.25) is 0 Å². The normalized spacial score (nSPS) is 19.3. The topological polar surface area (TPSA) is 124 Å². The van der Waals surface area contributed by atoms with Gasteiger partial charge in [0, 0.05) is 45.1 Å². The molecule has 5 rings (SSSR count).